The molecular weight excluding hydrogens is 419 g/mol. The van der Waals surface area contributed by atoms with Gasteiger partial charge in [-0.2, -0.15) is 0 Å². The number of hydrogen-bond donors (Lipinski definition) is 2. The molecule has 0 heterocycles. The molecule has 0 unspecified atom stereocenters. The van der Waals surface area contributed by atoms with Crippen LogP contribution in [0.25, 0.3) is 0 Å². The third kappa shape index (κ3) is 5.69. The fourth-order valence-electron chi connectivity index (χ4n) is 2.36. The monoisotopic (exact) mass is 434 g/mol. The molecule has 0 saturated carbocycles. The van der Waals surface area contributed by atoms with Gasteiger partial charge in [-0.15, -0.1) is 0 Å². The Kier molecular flexibility index (Phi) is 6.36. The van der Waals surface area contributed by atoms with Gasteiger partial charge in [0, 0.05) is 11.4 Å². The Morgan fingerprint density at radius 3 is 2.31 bits per heavy atom. The van der Waals surface area contributed by atoms with E-state index in [1.54, 1.807) is 30.3 Å². The Morgan fingerprint density at radius 1 is 0.966 bits per heavy atom. The molecule has 150 valence electrons. The van der Waals surface area contributed by atoms with Crippen molar-refractivity contribution in [2.75, 3.05) is 16.6 Å². The molecule has 3 rings (SSSR count). The molecule has 0 fully saturated rings. The van der Waals surface area contributed by atoms with Crippen LogP contribution in [0.15, 0.2) is 77.7 Å². The lowest BCUT2D eigenvalue weighted by molar-refractivity contribution is -0.118. The molecule has 0 aliphatic carbocycles. The second-order valence-electron chi connectivity index (χ2n) is 5.91. The number of nitrogens with one attached hydrogen (secondary N) is 2. The van der Waals surface area contributed by atoms with E-state index in [1.165, 1.54) is 42.5 Å². The number of amides is 1. The molecule has 0 aromatic heterocycles. The van der Waals surface area contributed by atoms with Crippen molar-refractivity contribution in [2.24, 2.45) is 0 Å². The third-order valence-corrected chi connectivity index (χ3v) is 5.40. The number of rotatable bonds is 7. The van der Waals surface area contributed by atoms with E-state index in [0.29, 0.717) is 11.4 Å². The van der Waals surface area contributed by atoms with Gasteiger partial charge in [-0.1, -0.05) is 29.8 Å². The van der Waals surface area contributed by atoms with E-state index >= 15 is 0 Å². The highest BCUT2D eigenvalue weighted by atomic mass is 35.5. The fraction of sp³-hybridized carbons (Fsp3) is 0.0500. The Balaban J connectivity index is 1.63. The molecule has 0 bridgehead atoms. The molecule has 1 amide bonds. The number of halogens is 2. The first-order valence-electron chi connectivity index (χ1n) is 8.39. The van der Waals surface area contributed by atoms with Crippen LogP contribution >= 0.6 is 11.6 Å². The fourth-order valence-corrected chi connectivity index (χ4v) is 3.74. The molecule has 0 aliphatic heterocycles. The van der Waals surface area contributed by atoms with Gasteiger partial charge in [0.15, 0.2) is 6.61 Å². The molecule has 0 spiro atoms. The van der Waals surface area contributed by atoms with Crippen molar-refractivity contribution in [2.45, 2.75) is 4.90 Å². The number of carbonyl (C=O) groups excluding carboxylic acids is 1. The predicted octanol–water partition coefficient (Wildman–Crippen LogP) is 4.30. The van der Waals surface area contributed by atoms with Crippen molar-refractivity contribution in [3.63, 3.8) is 0 Å². The van der Waals surface area contributed by atoms with Crippen LogP contribution in [-0.4, -0.2) is 20.9 Å². The maximum absolute atomic E-state index is 12.9. The van der Waals surface area contributed by atoms with Crippen molar-refractivity contribution >= 4 is 38.9 Å². The Bertz CT molecular complexity index is 1110. The predicted molar refractivity (Wildman–Crippen MR) is 109 cm³/mol. The van der Waals surface area contributed by atoms with E-state index in [1.807, 2.05) is 0 Å². The van der Waals surface area contributed by atoms with E-state index in [4.69, 9.17) is 16.3 Å². The molecule has 29 heavy (non-hydrogen) atoms. The number of ether oxygens (including phenoxy) is 1. The minimum absolute atomic E-state index is 0.0375. The summed E-state index contributed by atoms with van der Waals surface area (Å²) in [6, 6.07) is 17.6. The van der Waals surface area contributed by atoms with Gasteiger partial charge in [-0.05, 0) is 54.6 Å². The van der Waals surface area contributed by atoms with Crippen LogP contribution in [-0.2, 0) is 14.8 Å². The largest absolute Gasteiger partial charge is 0.482 e. The van der Waals surface area contributed by atoms with Crippen LogP contribution < -0.4 is 14.8 Å². The number of para-hydroxylation sites is 1. The first-order chi connectivity index (χ1) is 13.8. The summed E-state index contributed by atoms with van der Waals surface area (Å²) in [6.45, 7) is -0.356. The molecule has 3 aromatic carbocycles. The summed E-state index contributed by atoms with van der Waals surface area (Å²) in [4.78, 5) is 11.9. The molecule has 2 N–H and O–H groups in total. The maximum Gasteiger partial charge on any atom is 0.262 e. The van der Waals surface area contributed by atoms with E-state index in [-0.39, 0.29) is 22.3 Å². The summed E-state index contributed by atoms with van der Waals surface area (Å²) in [5.74, 6) is -0.738. The molecule has 0 radical (unpaired) electrons. The van der Waals surface area contributed by atoms with Crippen LogP contribution in [0, 0.1) is 5.82 Å². The Labute approximate surface area is 172 Å². The van der Waals surface area contributed by atoms with Gasteiger partial charge in [0.1, 0.15) is 11.6 Å². The molecule has 6 nitrogen and oxygen atoms in total. The van der Waals surface area contributed by atoms with Crippen LogP contribution in [0.4, 0.5) is 15.8 Å². The molecule has 3 aromatic rings. The summed E-state index contributed by atoms with van der Waals surface area (Å²) in [7, 11) is -3.83. The van der Waals surface area contributed by atoms with Gasteiger partial charge in [0.25, 0.3) is 15.9 Å². The van der Waals surface area contributed by atoms with Gasteiger partial charge in [0.05, 0.1) is 9.92 Å². The van der Waals surface area contributed by atoms with Crippen LogP contribution in [0.1, 0.15) is 0 Å². The van der Waals surface area contributed by atoms with E-state index in [2.05, 4.69) is 10.0 Å². The molecular formula is C20H16ClFN2O4S. The zero-order chi connectivity index (χ0) is 20.9. The third-order valence-electron chi connectivity index (χ3n) is 3.73. The Morgan fingerprint density at radius 2 is 1.66 bits per heavy atom. The highest BCUT2D eigenvalue weighted by molar-refractivity contribution is 7.92. The first kappa shape index (κ1) is 20.6. The van der Waals surface area contributed by atoms with Gasteiger partial charge >= 0.3 is 0 Å². The van der Waals surface area contributed by atoms with E-state index in [0.717, 1.165) is 0 Å². The number of benzene rings is 3. The number of hydrogen-bond acceptors (Lipinski definition) is 4. The zero-order valence-corrected chi connectivity index (χ0v) is 16.5. The lowest BCUT2D eigenvalue weighted by atomic mass is 10.3. The molecule has 0 saturated heterocycles. The van der Waals surface area contributed by atoms with Crippen LogP contribution in [0.5, 0.6) is 5.75 Å². The second-order valence-corrected chi connectivity index (χ2v) is 8.00. The second kappa shape index (κ2) is 8.93. The minimum Gasteiger partial charge on any atom is -0.482 e. The SMILES string of the molecule is O=C(COc1ccc(S(=O)(=O)Nc2ccccc2)cc1Cl)Nc1ccc(F)cc1. The lowest BCUT2D eigenvalue weighted by Gasteiger charge is -2.11. The first-order valence-corrected chi connectivity index (χ1v) is 10.3. The molecule has 0 aliphatic rings. The van der Waals surface area contributed by atoms with Crippen molar-refractivity contribution < 1.29 is 22.3 Å². The van der Waals surface area contributed by atoms with Crippen molar-refractivity contribution in [1.82, 2.24) is 0 Å². The van der Waals surface area contributed by atoms with Crippen molar-refractivity contribution in [1.29, 1.82) is 0 Å². The van der Waals surface area contributed by atoms with E-state index < -0.39 is 21.7 Å². The summed E-state index contributed by atoms with van der Waals surface area (Å²) in [5.41, 5.74) is 0.834. The zero-order valence-electron chi connectivity index (χ0n) is 14.9. The Hall–Kier alpha value is -3.10. The van der Waals surface area contributed by atoms with Gasteiger partial charge in [0.2, 0.25) is 0 Å². The van der Waals surface area contributed by atoms with Crippen molar-refractivity contribution in [3.05, 3.63) is 83.6 Å². The van der Waals surface area contributed by atoms with E-state index in [9.17, 15) is 17.6 Å². The van der Waals surface area contributed by atoms with Crippen LogP contribution in [0.2, 0.25) is 5.02 Å². The van der Waals surface area contributed by atoms with Gasteiger partial charge in [-0.3, -0.25) is 9.52 Å². The quantitative estimate of drug-likeness (QED) is 0.580. The summed E-state index contributed by atoms with van der Waals surface area (Å²) < 4.78 is 45.6. The number of sulfonamides is 1. The lowest BCUT2D eigenvalue weighted by Crippen LogP contribution is -2.20. The summed E-state index contributed by atoms with van der Waals surface area (Å²) in [6.07, 6.45) is 0. The highest BCUT2D eigenvalue weighted by Gasteiger charge is 2.17. The average Bonchev–Trinajstić information content (AvgIpc) is 2.69. The van der Waals surface area contributed by atoms with Gasteiger partial charge in [-0.25, -0.2) is 12.8 Å². The smallest absolute Gasteiger partial charge is 0.262 e. The molecule has 0 atom stereocenters. The normalized spacial score (nSPS) is 11.0. The van der Waals surface area contributed by atoms with Crippen LogP contribution in [0.3, 0.4) is 0 Å². The summed E-state index contributed by atoms with van der Waals surface area (Å²) >= 11 is 6.11. The maximum atomic E-state index is 12.9. The molecule has 9 heteroatoms. The minimum atomic E-state index is -3.83. The standard InChI is InChI=1S/C20H16ClFN2O4S/c21-18-12-17(29(26,27)24-16-4-2-1-3-5-16)10-11-19(18)28-13-20(25)23-15-8-6-14(22)7-9-15/h1-12,24H,13H2,(H,23,25). The number of anilines is 2. The number of carbonyl (C=O) groups is 1. The average molecular weight is 435 g/mol. The van der Waals surface area contributed by atoms with Crippen molar-refractivity contribution in [3.8, 4) is 5.75 Å². The summed E-state index contributed by atoms with van der Waals surface area (Å²) in [5, 5.41) is 2.58. The van der Waals surface area contributed by atoms with Gasteiger partial charge < -0.3 is 10.1 Å². The topological polar surface area (TPSA) is 84.5 Å². The highest BCUT2D eigenvalue weighted by Crippen LogP contribution is 2.28.